The highest BCUT2D eigenvalue weighted by atomic mass is 15.4. The van der Waals surface area contributed by atoms with Crippen molar-refractivity contribution < 1.29 is 0 Å². The van der Waals surface area contributed by atoms with Gasteiger partial charge in [-0.05, 0) is 25.7 Å². The van der Waals surface area contributed by atoms with Crippen molar-refractivity contribution in [3.8, 4) is 0 Å². The van der Waals surface area contributed by atoms with Crippen molar-refractivity contribution in [3.05, 3.63) is 12.4 Å². The minimum atomic E-state index is 0.637. The molecule has 0 aromatic rings. The highest BCUT2D eigenvalue weighted by Crippen LogP contribution is 2.24. The summed E-state index contributed by atoms with van der Waals surface area (Å²) in [6.07, 6.45) is 63.4. The van der Waals surface area contributed by atoms with Crippen molar-refractivity contribution in [2.24, 2.45) is 0 Å². The average Bonchev–Trinajstić information content (AvgIpc) is 3.51. The molecule has 2 heteroatoms. The lowest BCUT2D eigenvalue weighted by atomic mass is 10.0. The van der Waals surface area contributed by atoms with Gasteiger partial charge in [0.25, 0.3) is 0 Å². The molecule has 1 aliphatic rings. The second-order valence-corrected chi connectivity index (χ2v) is 16.8. The fourth-order valence-electron chi connectivity index (χ4n) is 8.31. The van der Waals surface area contributed by atoms with Crippen LogP contribution >= 0.6 is 0 Å². The van der Waals surface area contributed by atoms with Gasteiger partial charge in [-0.1, -0.05) is 252 Å². The molecule has 0 fully saturated rings. The summed E-state index contributed by atoms with van der Waals surface area (Å²) in [7, 11) is 0. The Bertz CT molecular complexity index is 659. The van der Waals surface area contributed by atoms with E-state index in [1.165, 1.54) is 270 Å². The lowest BCUT2D eigenvalue weighted by molar-refractivity contribution is 0.135. The van der Waals surface area contributed by atoms with Crippen molar-refractivity contribution in [2.45, 2.75) is 284 Å². The third-order valence-electron chi connectivity index (χ3n) is 11.8. The first-order chi connectivity index (χ1) is 24.8. The van der Waals surface area contributed by atoms with E-state index in [0.717, 1.165) is 0 Å². The quantitative estimate of drug-likeness (QED) is 0.0585. The fourth-order valence-corrected chi connectivity index (χ4v) is 8.31. The van der Waals surface area contributed by atoms with Gasteiger partial charge in [0, 0.05) is 25.5 Å². The summed E-state index contributed by atoms with van der Waals surface area (Å²) in [4.78, 5) is 5.46. The van der Waals surface area contributed by atoms with Crippen LogP contribution in [0.25, 0.3) is 0 Å². The smallest absolute Gasteiger partial charge is 0.101 e. The van der Waals surface area contributed by atoms with E-state index in [0.29, 0.717) is 6.17 Å². The molecule has 50 heavy (non-hydrogen) atoms. The van der Waals surface area contributed by atoms with E-state index >= 15 is 0 Å². The topological polar surface area (TPSA) is 6.48 Å². The second-order valence-electron chi connectivity index (χ2n) is 16.8. The van der Waals surface area contributed by atoms with Gasteiger partial charge in [-0.15, -0.1) is 0 Å². The molecule has 1 aliphatic heterocycles. The maximum atomic E-state index is 2.73. The van der Waals surface area contributed by atoms with E-state index in [9.17, 15) is 0 Å². The largest absolute Gasteiger partial charge is 0.356 e. The predicted octanol–water partition coefficient (Wildman–Crippen LogP) is 17.1. The van der Waals surface area contributed by atoms with Crippen LogP contribution < -0.4 is 0 Å². The molecular formula is C48H96N2. The van der Waals surface area contributed by atoms with Gasteiger partial charge in [-0.25, -0.2) is 0 Å². The minimum absolute atomic E-state index is 0.637. The number of rotatable bonds is 42. The van der Waals surface area contributed by atoms with E-state index in [4.69, 9.17) is 0 Å². The number of unbranched alkanes of at least 4 members (excludes halogenated alkanes) is 36. The Labute approximate surface area is 318 Å². The van der Waals surface area contributed by atoms with Crippen LogP contribution in [0.1, 0.15) is 278 Å². The molecule has 0 saturated heterocycles. The first-order valence-electron chi connectivity index (χ1n) is 24.0. The monoisotopic (exact) mass is 701 g/mol. The molecule has 0 radical (unpaired) electrons. The van der Waals surface area contributed by atoms with Crippen LogP contribution in [-0.2, 0) is 0 Å². The Kier molecular flexibility index (Phi) is 37.5. The Hall–Kier alpha value is -0.660. The van der Waals surface area contributed by atoms with Crippen LogP contribution in [0.4, 0.5) is 0 Å². The summed E-state index contributed by atoms with van der Waals surface area (Å²) in [5.74, 6) is 0. The summed E-state index contributed by atoms with van der Waals surface area (Å²) < 4.78 is 0. The molecule has 0 bridgehead atoms. The first-order valence-corrected chi connectivity index (χ1v) is 24.0. The SMILES string of the molecule is CCCCCCCCCCCCCCCCCCCN1C=CN(CCCCCCCCCCCCCCCCC)C1CCCCCCCCC. The van der Waals surface area contributed by atoms with Crippen molar-refractivity contribution in [3.63, 3.8) is 0 Å². The Morgan fingerprint density at radius 2 is 0.460 bits per heavy atom. The van der Waals surface area contributed by atoms with Gasteiger partial charge in [-0.3, -0.25) is 0 Å². The molecule has 1 unspecified atom stereocenters. The molecule has 0 aliphatic carbocycles. The van der Waals surface area contributed by atoms with Crippen molar-refractivity contribution >= 4 is 0 Å². The molecule has 2 nitrogen and oxygen atoms in total. The third kappa shape index (κ3) is 30.9. The molecule has 0 saturated carbocycles. The molecule has 298 valence electrons. The van der Waals surface area contributed by atoms with Gasteiger partial charge < -0.3 is 9.80 Å². The van der Waals surface area contributed by atoms with Crippen molar-refractivity contribution in [1.29, 1.82) is 0 Å². The molecule has 0 spiro atoms. The zero-order chi connectivity index (χ0) is 35.8. The number of hydrogen-bond acceptors (Lipinski definition) is 2. The summed E-state index contributed by atoms with van der Waals surface area (Å²) in [6.45, 7) is 9.50. The normalized spacial score (nSPS) is 14.5. The molecule has 0 aromatic heterocycles. The second kappa shape index (κ2) is 39.5. The van der Waals surface area contributed by atoms with Crippen LogP contribution in [0.15, 0.2) is 12.4 Å². The van der Waals surface area contributed by atoms with E-state index < -0.39 is 0 Å². The Balaban J connectivity index is 2.11. The molecule has 0 amide bonds. The van der Waals surface area contributed by atoms with Crippen LogP contribution in [0.2, 0.25) is 0 Å². The molecule has 1 atom stereocenters. The molecule has 0 aromatic carbocycles. The fraction of sp³-hybridized carbons (Fsp3) is 0.958. The predicted molar refractivity (Wildman–Crippen MR) is 228 cm³/mol. The van der Waals surface area contributed by atoms with Crippen LogP contribution in [0.3, 0.4) is 0 Å². The van der Waals surface area contributed by atoms with E-state index in [-0.39, 0.29) is 0 Å². The number of nitrogens with zero attached hydrogens (tertiary/aromatic N) is 2. The molecule has 0 N–H and O–H groups in total. The van der Waals surface area contributed by atoms with Gasteiger partial charge in [0.1, 0.15) is 6.17 Å². The van der Waals surface area contributed by atoms with E-state index in [1.54, 1.807) is 0 Å². The maximum absolute atomic E-state index is 2.73. The van der Waals surface area contributed by atoms with E-state index in [2.05, 4.69) is 43.0 Å². The van der Waals surface area contributed by atoms with Gasteiger partial charge in [0.15, 0.2) is 0 Å². The molecule has 1 rings (SSSR count). The van der Waals surface area contributed by atoms with Crippen LogP contribution in [0.5, 0.6) is 0 Å². The van der Waals surface area contributed by atoms with Crippen molar-refractivity contribution in [2.75, 3.05) is 13.1 Å². The third-order valence-corrected chi connectivity index (χ3v) is 11.8. The van der Waals surface area contributed by atoms with Crippen LogP contribution in [-0.4, -0.2) is 29.1 Å². The van der Waals surface area contributed by atoms with E-state index in [1.807, 2.05) is 0 Å². The summed E-state index contributed by atoms with van der Waals surface area (Å²) >= 11 is 0. The highest BCUT2D eigenvalue weighted by Gasteiger charge is 2.24. The first kappa shape index (κ1) is 47.4. The van der Waals surface area contributed by atoms with Gasteiger partial charge >= 0.3 is 0 Å². The molecule has 1 heterocycles. The summed E-state index contributed by atoms with van der Waals surface area (Å²) in [6, 6.07) is 0. The maximum Gasteiger partial charge on any atom is 0.101 e. The minimum Gasteiger partial charge on any atom is -0.356 e. The average molecular weight is 701 g/mol. The van der Waals surface area contributed by atoms with Crippen LogP contribution in [0, 0.1) is 0 Å². The van der Waals surface area contributed by atoms with Gasteiger partial charge in [0.05, 0.1) is 0 Å². The standard InChI is InChI=1S/C48H96N2/c1-4-7-10-13-16-18-20-22-24-25-27-29-31-33-36-39-42-45-50-47-46-49(48(50)43-40-37-34-15-12-9-6-3)44-41-38-35-32-30-28-26-23-21-19-17-14-11-8-5-2/h46-48H,4-45H2,1-3H3. The Morgan fingerprint density at radius 1 is 0.260 bits per heavy atom. The summed E-state index contributed by atoms with van der Waals surface area (Å²) in [5.41, 5.74) is 0. The van der Waals surface area contributed by atoms with Gasteiger partial charge in [-0.2, -0.15) is 0 Å². The lowest BCUT2D eigenvalue weighted by Gasteiger charge is -2.33. The van der Waals surface area contributed by atoms with Gasteiger partial charge in [0.2, 0.25) is 0 Å². The van der Waals surface area contributed by atoms with Crippen molar-refractivity contribution in [1.82, 2.24) is 9.80 Å². The summed E-state index contributed by atoms with van der Waals surface area (Å²) in [5, 5.41) is 0. The Morgan fingerprint density at radius 3 is 0.700 bits per heavy atom. The molecular weight excluding hydrogens is 605 g/mol. The lowest BCUT2D eigenvalue weighted by Crippen LogP contribution is -2.39. The zero-order valence-electron chi connectivity index (χ0n) is 35.3. The number of hydrogen-bond donors (Lipinski definition) is 0. The zero-order valence-corrected chi connectivity index (χ0v) is 35.3. The highest BCUT2D eigenvalue weighted by molar-refractivity contribution is 4.97.